The summed E-state index contributed by atoms with van der Waals surface area (Å²) in [6, 6.07) is 16.8. The van der Waals surface area contributed by atoms with Crippen LogP contribution in [-0.4, -0.2) is 27.4 Å². The zero-order valence-electron chi connectivity index (χ0n) is 17.7. The first-order chi connectivity index (χ1) is 16.2. The molecule has 3 aromatic rings. The van der Waals surface area contributed by atoms with Crippen molar-refractivity contribution in [2.45, 2.75) is 15.5 Å². The van der Waals surface area contributed by atoms with Gasteiger partial charge in [-0.05, 0) is 59.7 Å². The van der Waals surface area contributed by atoms with E-state index in [0.717, 1.165) is 10.5 Å². The minimum atomic E-state index is -3.66. The summed E-state index contributed by atoms with van der Waals surface area (Å²) in [5.41, 5.74) is 2.23. The van der Waals surface area contributed by atoms with Crippen LogP contribution in [-0.2, 0) is 25.1 Å². The third kappa shape index (κ3) is 5.30. The average molecular weight is 623 g/mol. The van der Waals surface area contributed by atoms with E-state index in [4.69, 9.17) is 4.74 Å². The summed E-state index contributed by atoms with van der Waals surface area (Å²) >= 11 is 8.06. The number of carbonyl (C=O) groups excluding carboxylic acids is 2. The van der Waals surface area contributed by atoms with Crippen molar-refractivity contribution in [2.24, 2.45) is 0 Å². The Labute approximate surface area is 218 Å². The summed E-state index contributed by atoms with van der Waals surface area (Å²) in [5, 5.41) is 2.78. The summed E-state index contributed by atoms with van der Waals surface area (Å²) in [7, 11) is -2.34. The van der Waals surface area contributed by atoms with E-state index in [1.807, 2.05) is 6.07 Å². The van der Waals surface area contributed by atoms with Crippen molar-refractivity contribution in [2.75, 3.05) is 12.4 Å². The van der Waals surface area contributed by atoms with Crippen molar-refractivity contribution < 1.29 is 22.7 Å². The molecule has 0 atom stereocenters. The first kappa shape index (κ1) is 24.7. The maximum Gasteiger partial charge on any atom is 0.337 e. The molecule has 1 N–H and O–H groups in total. The fraction of sp³-hybridized carbons (Fsp3) is 0.0833. The lowest BCUT2D eigenvalue weighted by Crippen LogP contribution is -2.18. The fourth-order valence-corrected chi connectivity index (χ4v) is 7.27. The van der Waals surface area contributed by atoms with Gasteiger partial charge in [-0.2, -0.15) is 0 Å². The van der Waals surface area contributed by atoms with Gasteiger partial charge in [0.25, 0.3) is 5.91 Å². The number of benzene rings is 3. The van der Waals surface area contributed by atoms with Gasteiger partial charge in [0.05, 0.1) is 33.9 Å². The Hall–Kier alpha value is -2.40. The summed E-state index contributed by atoms with van der Waals surface area (Å²) < 4.78 is 32.2. The highest BCUT2D eigenvalue weighted by Crippen LogP contribution is 2.40. The highest BCUT2D eigenvalue weighted by molar-refractivity contribution is 9.11. The number of hydrogen-bond donors (Lipinski definition) is 1. The SMILES string of the molecule is COC(=O)c1ccc(/C=C2\Sc3ccc(S(=O)(=O)Cc4c(Br)cccc4Br)cc3NC2=O)cc1. The van der Waals surface area contributed by atoms with Crippen LogP contribution in [0.2, 0.25) is 0 Å². The monoisotopic (exact) mass is 621 g/mol. The van der Waals surface area contributed by atoms with Crippen molar-refractivity contribution >= 4 is 77.1 Å². The Morgan fingerprint density at radius 1 is 1.06 bits per heavy atom. The molecule has 10 heteroatoms. The Morgan fingerprint density at radius 2 is 1.74 bits per heavy atom. The third-order valence-corrected chi connectivity index (χ3v) is 9.25. The lowest BCUT2D eigenvalue weighted by Gasteiger charge is -2.19. The number of halogens is 2. The van der Waals surface area contributed by atoms with Crippen LogP contribution in [0.25, 0.3) is 6.08 Å². The maximum atomic E-state index is 13.1. The van der Waals surface area contributed by atoms with E-state index < -0.39 is 15.8 Å². The van der Waals surface area contributed by atoms with Crippen LogP contribution in [0.4, 0.5) is 5.69 Å². The first-order valence-corrected chi connectivity index (χ1v) is 13.9. The molecule has 0 saturated carbocycles. The van der Waals surface area contributed by atoms with E-state index >= 15 is 0 Å². The van der Waals surface area contributed by atoms with Gasteiger partial charge in [0, 0.05) is 13.8 Å². The van der Waals surface area contributed by atoms with E-state index in [2.05, 4.69) is 37.2 Å². The molecule has 4 rings (SSSR count). The van der Waals surface area contributed by atoms with Crippen LogP contribution in [0.15, 0.2) is 84.3 Å². The number of anilines is 1. The number of nitrogens with one attached hydrogen (secondary N) is 1. The first-order valence-electron chi connectivity index (χ1n) is 9.87. The molecule has 0 spiro atoms. The molecule has 0 aromatic heterocycles. The minimum Gasteiger partial charge on any atom is -0.465 e. The number of thioether (sulfide) groups is 1. The molecule has 0 fully saturated rings. The van der Waals surface area contributed by atoms with Gasteiger partial charge in [0.1, 0.15) is 0 Å². The highest BCUT2D eigenvalue weighted by atomic mass is 79.9. The van der Waals surface area contributed by atoms with Crippen molar-refractivity contribution in [1.29, 1.82) is 0 Å². The van der Waals surface area contributed by atoms with Gasteiger partial charge < -0.3 is 10.1 Å². The summed E-state index contributed by atoms with van der Waals surface area (Å²) in [6.07, 6.45) is 1.71. The lowest BCUT2D eigenvalue weighted by atomic mass is 10.1. The van der Waals surface area contributed by atoms with E-state index in [1.54, 1.807) is 54.6 Å². The third-order valence-electron chi connectivity index (χ3n) is 5.03. The van der Waals surface area contributed by atoms with Crippen LogP contribution in [0.1, 0.15) is 21.5 Å². The van der Waals surface area contributed by atoms with Crippen molar-refractivity contribution in [3.63, 3.8) is 0 Å². The fourth-order valence-electron chi connectivity index (χ4n) is 3.26. The van der Waals surface area contributed by atoms with E-state index in [1.165, 1.54) is 24.9 Å². The Bertz CT molecular complexity index is 1410. The van der Waals surface area contributed by atoms with Gasteiger partial charge in [0.2, 0.25) is 0 Å². The number of sulfone groups is 1. The second-order valence-electron chi connectivity index (χ2n) is 7.30. The molecule has 0 saturated heterocycles. The second kappa shape index (κ2) is 10.1. The molecule has 6 nitrogen and oxygen atoms in total. The number of esters is 1. The van der Waals surface area contributed by atoms with Crippen molar-refractivity contribution in [3.05, 3.63) is 91.2 Å². The Morgan fingerprint density at radius 3 is 2.38 bits per heavy atom. The van der Waals surface area contributed by atoms with E-state index in [0.29, 0.717) is 30.7 Å². The van der Waals surface area contributed by atoms with Gasteiger partial charge in [-0.3, -0.25) is 4.79 Å². The number of fused-ring (bicyclic) bond motifs is 1. The molecular weight excluding hydrogens is 606 g/mol. The van der Waals surface area contributed by atoms with E-state index in [9.17, 15) is 18.0 Å². The van der Waals surface area contributed by atoms with Gasteiger partial charge in [0.15, 0.2) is 9.84 Å². The molecule has 34 heavy (non-hydrogen) atoms. The molecule has 0 radical (unpaired) electrons. The lowest BCUT2D eigenvalue weighted by molar-refractivity contribution is -0.112. The Kier molecular flexibility index (Phi) is 7.32. The molecule has 1 heterocycles. The number of ether oxygens (including phenoxy) is 1. The molecule has 1 aliphatic rings. The van der Waals surface area contributed by atoms with Gasteiger partial charge in [-0.15, -0.1) is 0 Å². The predicted molar refractivity (Wildman–Crippen MR) is 139 cm³/mol. The van der Waals surface area contributed by atoms with Crippen molar-refractivity contribution in [1.82, 2.24) is 0 Å². The zero-order valence-corrected chi connectivity index (χ0v) is 22.5. The largest absolute Gasteiger partial charge is 0.465 e. The van der Waals surface area contributed by atoms with E-state index in [-0.39, 0.29) is 16.6 Å². The quantitative estimate of drug-likeness (QED) is 0.275. The molecule has 1 amide bonds. The summed E-state index contributed by atoms with van der Waals surface area (Å²) in [5.74, 6) is -0.963. The number of rotatable bonds is 5. The topological polar surface area (TPSA) is 89.5 Å². The van der Waals surface area contributed by atoms with Crippen LogP contribution in [0.5, 0.6) is 0 Å². The summed E-state index contributed by atoms with van der Waals surface area (Å²) in [4.78, 5) is 25.6. The van der Waals surface area contributed by atoms with Crippen LogP contribution in [0.3, 0.4) is 0 Å². The zero-order chi connectivity index (χ0) is 24.5. The molecule has 3 aromatic carbocycles. The summed E-state index contributed by atoms with van der Waals surface area (Å²) in [6.45, 7) is 0. The molecule has 0 aliphatic carbocycles. The minimum absolute atomic E-state index is 0.126. The molecule has 0 bridgehead atoms. The number of hydrogen-bond acceptors (Lipinski definition) is 6. The van der Waals surface area contributed by atoms with Crippen LogP contribution < -0.4 is 5.32 Å². The standard InChI is InChI=1S/C24H17Br2NO5S2/c1-32-24(29)15-7-5-14(6-8-15)11-22-23(28)27-20-12-16(9-10-21(20)33-22)34(30,31)13-17-18(25)3-2-4-19(17)26/h2-12H,13H2,1H3,(H,27,28)/b22-11-. The normalized spacial score (nSPS) is 14.4. The van der Waals surface area contributed by atoms with Crippen LogP contribution in [0, 0.1) is 0 Å². The van der Waals surface area contributed by atoms with Crippen LogP contribution >= 0.6 is 43.6 Å². The molecular formula is C24H17Br2NO5S2. The predicted octanol–water partition coefficient (Wildman–Crippen LogP) is 6.06. The maximum absolute atomic E-state index is 13.1. The van der Waals surface area contributed by atoms with Gasteiger partial charge >= 0.3 is 5.97 Å². The number of methoxy groups -OCH3 is 1. The number of carbonyl (C=O) groups is 2. The Balaban J connectivity index is 1.58. The molecule has 0 unspecified atom stereocenters. The van der Waals surface area contributed by atoms with Gasteiger partial charge in [-0.1, -0.05) is 61.8 Å². The second-order valence-corrected chi connectivity index (χ2v) is 12.1. The molecule has 174 valence electrons. The highest BCUT2D eigenvalue weighted by Gasteiger charge is 2.25. The molecule has 1 aliphatic heterocycles. The van der Waals surface area contributed by atoms with Gasteiger partial charge in [-0.25, -0.2) is 13.2 Å². The number of amides is 1. The smallest absolute Gasteiger partial charge is 0.337 e. The van der Waals surface area contributed by atoms with Crippen molar-refractivity contribution in [3.8, 4) is 0 Å². The average Bonchev–Trinajstić information content (AvgIpc) is 2.81.